The van der Waals surface area contributed by atoms with Crippen LogP contribution in [0.4, 0.5) is 0 Å². The van der Waals surface area contributed by atoms with Crippen LogP contribution < -0.4 is 10.6 Å². The largest absolute Gasteiger partial charge is 0.383 e. The summed E-state index contributed by atoms with van der Waals surface area (Å²) in [5.41, 5.74) is 0. The number of rotatable bonds is 6. The van der Waals surface area contributed by atoms with Gasteiger partial charge in [-0.15, -0.1) is 0 Å². The van der Waals surface area contributed by atoms with Crippen LogP contribution in [-0.2, 0) is 9.53 Å². The molecule has 1 aliphatic carbocycles. The molecule has 1 fully saturated rings. The van der Waals surface area contributed by atoms with Crippen LogP contribution in [0.15, 0.2) is 0 Å². The minimum Gasteiger partial charge on any atom is -0.383 e. The van der Waals surface area contributed by atoms with Gasteiger partial charge in [0.15, 0.2) is 0 Å². The average molecular weight is 228 g/mol. The maximum absolute atomic E-state index is 11.4. The van der Waals surface area contributed by atoms with E-state index in [4.69, 9.17) is 4.74 Å². The number of nitrogens with one attached hydrogen (secondary N) is 2. The molecule has 4 heteroatoms. The maximum Gasteiger partial charge on any atom is 0.234 e. The fourth-order valence-corrected chi connectivity index (χ4v) is 2.08. The van der Waals surface area contributed by atoms with Crippen molar-refractivity contribution < 1.29 is 9.53 Å². The van der Waals surface area contributed by atoms with Crippen molar-refractivity contribution >= 4 is 5.91 Å². The average Bonchev–Trinajstić information content (AvgIpc) is 2.55. The van der Waals surface area contributed by atoms with Gasteiger partial charge in [0.2, 0.25) is 5.91 Å². The van der Waals surface area contributed by atoms with E-state index in [-0.39, 0.29) is 5.91 Å². The van der Waals surface area contributed by atoms with E-state index in [0.717, 1.165) is 0 Å². The van der Waals surface area contributed by atoms with Crippen LogP contribution in [0.25, 0.3) is 0 Å². The van der Waals surface area contributed by atoms with Gasteiger partial charge < -0.3 is 15.4 Å². The van der Waals surface area contributed by atoms with Crippen LogP contribution >= 0.6 is 0 Å². The molecule has 0 aromatic heterocycles. The van der Waals surface area contributed by atoms with E-state index >= 15 is 0 Å². The Balaban J connectivity index is 2.05. The highest BCUT2D eigenvalue weighted by molar-refractivity contribution is 5.77. The third-order valence-corrected chi connectivity index (χ3v) is 3.03. The Morgan fingerprint density at radius 1 is 1.25 bits per heavy atom. The molecule has 0 spiro atoms. The quantitative estimate of drug-likeness (QED) is 0.528. The Hall–Kier alpha value is -0.610. The molecule has 16 heavy (non-hydrogen) atoms. The first-order valence-electron chi connectivity index (χ1n) is 6.32. The van der Waals surface area contributed by atoms with Crippen LogP contribution in [-0.4, -0.2) is 38.8 Å². The van der Waals surface area contributed by atoms with Crippen molar-refractivity contribution in [3.63, 3.8) is 0 Å². The summed E-state index contributed by atoms with van der Waals surface area (Å²) in [6, 6.07) is 0.538. The monoisotopic (exact) mass is 228 g/mol. The van der Waals surface area contributed by atoms with Gasteiger partial charge in [-0.3, -0.25) is 4.79 Å². The van der Waals surface area contributed by atoms with Crippen molar-refractivity contribution in [3.8, 4) is 0 Å². The van der Waals surface area contributed by atoms with Gasteiger partial charge in [-0.2, -0.15) is 0 Å². The lowest BCUT2D eigenvalue weighted by Gasteiger charge is -2.15. The van der Waals surface area contributed by atoms with E-state index in [2.05, 4.69) is 10.6 Å². The van der Waals surface area contributed by atoms with Crippen molar-refractivity contribution in [1.29, 1.82) is 0 Å². The predicted octanol–water partition coefficient (Wildman–Crippen LogP) is 1.06. The van der Waals surface area contributed by atoms with Crippen LogP contribution in [0.2, 0.25) is 0 Å². The summed E-state index contributed by atoms with van der Waals surface area (Å²) in [5, 5.41) is 6.15. The Labute approximate surface area is 98.1 Å². The van der Waals surface area contributed by atoms with Gasteiger partial charge in [-0.1, -0.05) is 25.7 Å². The van der Waals surface area contributed by atoms with E-state index in [1.165, 1.54) is 38.5 Å². The fraction of sp³-hybridized carbons (Fsp3) is 0.917. The Morgan fingerprint density at radius 2 is 1.94 bits per heavy atom. The van der Waals surface area contributed by atoms with Gasteiger partial charge in [-0.05, 0) is 12.8 Å². The predicted molar refractivity (Wildman–Crippen MR) is 64.4 cm³/mol. The number of hydrogen-bond acceptors (Lipinski definition) is 3. The molecule has 2 N–H and O–H groups in total. The first-order chi connectivity index (χ1) is 7.83. The van der Waals surface area contributed by atoms with E-state index in [1.807, 2.05) is 0 Å². The first-order valence-corrected chi connectivity index (χ1v) is 6.32. The maximum atomic E-state index is 11.4. The van der Waals surface area contributed by atoms with Crippen molar-refractivity contribution in [2.45, 2.75) is 44.6 Å². The summed E-state index contributed by atoms with van der Waals surface area (Å²) in [4.78, 5) is 11.4. The molecule has 4 nitrogen and oxygen atoms in total. The van der Waals surface area contributed by atoms with Crippen LogP contribution in [0, 0.1) is 0 Å². The molecule has 0 unspecified atom stereocenters. The van der Waals surface area contributed by atoms with Gasteiger partial charge in [-0.25, -0.2) is 0 Å². The third-order valence-electron chi connectivity index (χ3n) is 3.03. The molecule has 0 aliphatic heterocycles. The Morgan fingerprint density at radius 3 is 2.56 bits per heavy atom. The molecule has 1 rings (SSSR count). The number of methoxy groups -OCH3 is 1. The molecular weight excluding hydrogens is 204 g/mol. The molecule has 1 amide bonds. The third kappa shape index (κ3) is 6.08. The number of ether oxygens (including phenoxy) is 1. The second kappa shape index (κ2) is 8.53. The zero-order valence-electron chi connectivity index (χ0n) is 10.3. The van der Waals surface area contributed by atoms with Gasteiger partial charge in [0.1, 0.15) is 0 Å². The molecule has 0 saturated heterocycles. The lowest BCUT2D eigenvalue weighted by Crippen LogP contribution is -2.39. The SMILES string of the molecule is COCCNC(=O)CNC1CCCCCC1. The van der Waals surface area contributed by atoms with Crippen molar-refractivity contribution in [1.82, 2.24) is 10.6 Å². The smallest absolute Gasteiger partial charge is 0.234 e. The van der Waals surface area contributed by atoms with Gasteiger partial charge in [0, 0.05) is 19.7 Å². The first kappa shape index (κ1) is 13.5. The highest BCUT2D eigenvalue weighted by atomic mass is 16.5. The lowest BCUT2D eigenvalue weighted by atomic mass is 10.1. The van der Waals surface area contributed by atoms with Gasteiger partial charge >= 0.3 is 0 Å². The minimum absolute atomic E-state index is 0.0706. The second-order valence-electron chi connectivity index (χ2n) is 4.41. The number of amides is 1. The van der Waals surface area contributed by atoms with Crippen LogP contribution in [0.3, 0.4) is 0 Å². The summed E-state index contributed by atoms with van der Waals surface area (Å²) in [5.74, 6) is 0.0706. The zero-order valence-corrected chi connectivity index (χ0v) is 10.3. The molecule has 0 bridgehead atoms. The molecule has 0 aromatic carbocycles. The molecule has 0 atom stereocenters. The van der Waals surface area contributed by atoms with Gasteiger partial charge in [0.05, 0.1) is 13.2 Å². The van der Waals surface area contributed by atoms with Crippen molar-refractivity contribution in [3.05, 3.63) is 0 Å². The normalized spacial score (nSPS) is 18.1. The summed E-state index contributed by atoms with van der Waals surface area (Å²) >= 11 is 0. The summed E-state index contributed by atoms with van der Waals surface area (Å²) in [6.07, 6.45) is 7.71. The molecule has 0 aromatic rings. The second-order valence-corrected chi connectivity index (χ2v) is 4.41. The fourth-order valence-electron chi connectivity index (χ4n) is 2.08. The van der Waals surface area contributed by atoms with Gasteiger partial charge in [0.25, 0.3) is 0 Å². The zero-order chi connectivity index (χ0) is 11.6. The van der Waals surface area contributed by atoms with E-state index in [0.29, 0.717) is 25.7 Å². The standard InChI is InChI=1S/C12H24N2O2/c1-16-9-8-13-12(15)10-14-11-6-4-2-3-5-7-11/h11,14H,2-10H2,1H3,(H,13,15). The van der Waals surface area contributed by atoms with Crippen molar-refractivity contribution in [2.75, 3.05) is 26.8 Å². The Kier molecular flexibility index (Phi) is 7.17. The molecule has 94 valence electrons. The van der Waals surface area contributed by atoms with E-state index < -0.39 is 0 Å². The molecule has 0 heterocycles. The number of carbonyl (C=O) groups is 1. The molecular formula is C12H24N2O2. The van der Waals surface area contributed by atoms with Crippen LogP contribution in [0.1, 0.15) is 38.5 Å². The molecule has 0 radical (unpaired) electrons. The molecule has 1 saturated carbocycles. The molecule has 1 aliphatic rings. The highest BCUT2D eigenvalue weighted by Crippen LogP contribution is 2.16. The topological polar surface area (TPSA) is 50.4 Å². The highest BCUT2D eigenvalue weighted by Gasteiger charge is 2.12. The number of carbonyl (C=O) groups excluding carboxylic acids is 1. The van der Waals surface area contributed by atoms with Crippen molar-refractivity contribution in [2.24, 2.45) is 0 Å². The Bertz CT molecular complexity index is 189. The lowest BCUT2D eigenvalue weighted by molar-refractivity contribution is -0.120. The summed E-state index contributed by atoms with van der Waals surface area (Å²) in [7, 11) is 1.63. The number of hydrogen-bond donors (Lipinski definition) is 2. The summed E-state index contributed by atoms with van der Waals surface area (Å²) < 4.78 is 4.87. The summed E-state index contributed by atoms with van der Waals surface area (Å²) in [6.45, 7) is 1.62. The van der Waals surface area contributed by atoms with Crippen LogP contribution in [0.5, 0.6) is 0 Å². The minimum atomic E-state index is 0.0706. The van der Waals surface area contributed by atoms with E-state index in [9.17, 15) is 4.79 Å². The van der Waals surface area contributed by atoms with E-state index in [1.54, 1.807) is 7.11 Å².